The third-order valence-electron chi connectivity index (χ3n) is 6.36. The molecule has 2 heterocycles. The lowest BCUT2D eigenvalue weighted by Gasteiger charge is -2.27. The average molecular weight is 361 g/mol. The second-order valence-electron chi connectivity index (χ2n) is 8.44. The minimum Gasteiger partial charge on any atom is -0.389 e. The molecule has 3 aliphatic rings. The lowest BCUT2D eigenvalue weighted by molar-refractivity contribution is -0.0322. The second kappa shape index (κ2) is 9.20. The van der Waals surface area contributed by atoms with Crippen molar-refractivity contribution in [1.29, 1.82) is 0 Å². The Kier molecular flexibility index (Phi) is 6.96. The molecule has 0 amide bonds. The van der Waals surface area contributed by atoms with Gasteiger partial charge in [0.15, 0.2) is 0 Å². The van der Waals surface area contributed by atoms with E-state index in [-0.39, 0.29) is 6.10 Å². The highest BCUT2D eigenvalue weighted by molar-refractivity contribution is 5.22. The van der Waals surface area contributed by atoms with Crippen LogP contribution in [-0.4, -0.2) is 66.4 Å². The molecule has 3 rings (SSSR count). The summed E-state index contributed by atoms with van der Waals surface area (Å²) >= 11 is 0. The molecule has 0 bridgehead atoms. The third kappa shape index (κ3) is 4.99. The molecule has 1 saturated carbocycles. The molecular formula is C22H36N2O2. The number of allylic oxidation sites excluding steroid dienone is 3. The Morgan fingerprint density at radius 2 is 1.92 bits per heavy atom. The SMILES string of the molecule is C=C/C=C(\C=C)N1CCC2(CCN(CC(O)COC3CCCCC3)C2)C1. The van der Waals surface area contributed by atoms with Crippen LogP contribution in [0, 0.1) is 5.41 Å². The summed E-state index contributed by atoms with van der Waals surface area (Å²) in [5.74, 6) is 0. The van der Waals surface area contributed by atoms with E-state index in [9.17, 15) is 5.11 Å². The summed E-state index contributed by atoms with van der Waals surface area (Å²) in [6.07, 6.45) is 14.5. The second-order valence-corrected chi connectivity index (χ2v) is 8.44. The highest BCUT2D eigenvalue weighted by Crippen LogP contribution is 2.40. The van der Waals surface area contributed by atoms with Gasteiger partial charge in [0.1, 0.15) is 0 Å². The standard InChI is InChI=1S/C22H36N2O2/c1-3-8-19(4-2)24-14-12-22(18-24)11-13-23(17-22)15-20(25)16-26-21-9-6-5-7-10-21/h3-4,8,20-21,25H,1-2,5-7,9-18H2/b19-8+. The van der Waals surface area contributed by atoms with Gasteiger partial charge in [-0.25, -0.2) is 0 Å². The third-order valence-corrected chi connectivity index (χ3v) is 6.36. The van der Waals surface area contributed by atoms with Crippen molar-refractivity contribution in [2.24, 2.45) is 5.41 Å². The zero-order valence-corrected chi connectivity index (χ0v) is 16.2. The molecule has 1 aliphatic carbocycles. The molecule has 0 aromatic heterocycles. The molecule has 146 valence electrons. The van der Waals surface area contributed by atoms with Gasteiger partial charge in [-0.15, -0.1) is 0 Å². The first-order chi connectivity index (χ1) is 12.6. The van der Waals surface area contributed by atoms with E-state index < -0.39 is 0 Å². The number of hydrogen-bond donors (Lipinski definition) is 1. The number of hydrogen-bond acceptors (Lipinski definition) is 4. The molecule has 0 radical (unpaired) electrons. The summed E-state index contributed by atoms with van der Waals surface area (Å²) in [5.41, 5.74) is 1.55. The van der Waals surface area contributed by atoms with Crippen molar-refractivity contribution in [2.45, 2.75) is 57.2 Å². The molecule has 2 atom stereocenters. The van der Waals surface area contributed by atoms with Crippen LogP contribution in [0.25, 0.3) is 0 Å². The summed E-state index contributed by atoms with van der Waals surface area (Å²) in [7, 11) is 0. The summed E-state index contributed by atoms with van der Waals surface area (Å²) in [6, 6.07) is 0. The number of aliphatic hydroxyl groups is 1. The van der Waals surface area contributed by atoms with E-state index in [1.807, 2.05) is 18.2 Å². The Balaban J connectivity index is 1.42. The first kappa shape index (κ1) is 19.7. The van der Waals surface area contributed by atoms with E-state index in [1.54, 1.807) is 0 Å². The molecule has 0 aromatic rings. The van der Waals surface area contributed by atoms with Gasteiger partial charge in [0.25, 0.3) is 0 Å². The molecule has 4 nitrogen and oxygen atoms in total. The number of likely N-dealkylation sites (tertiary alicyclic amines) is 2. The van der Waals surface area contributed by atoms with Crippen molar-refractivity contribution in [3.8, 4) is 0 Å². The largest absolute Gasteiger partial charge is 0.389 e. The smallest absolute Gasteiger partial charge is 0.0900 e. The van der Waals surface area contributed by atoms with Crippen LogP contribution >= 0.6 is 0 Å². The summed E-state index contributed by atoms with van der Waals surface area (Å²) in [6.45, 7) is 13.3. The normalized spacial score (nSPS) is 29.4. The molecule has 1 spiro atoms. The summed E-state index contributed by atoms with van der Waals surface area (Å²) < 4.78 is 5.95. The molecule has 2 unspecified atom stereocenters. The van der Waals surface area contributed by atoms with Crippen molar-refractivity contribution in [3.63, 3.8) is 0 Å². The zero-order valence-electron chi connectivity index (χ0n) is 16.2. The van der Waals surface area contributed by atoms with E-state index >= 15 is 0 Å². The van der Waals surface area contributed by atoms with E-state index in [0.717, 1.165) is 32.7 Å². The van der Waals surface area contributed by atoms with Gasteiger partial charge >= 0.3 is 0 Å². The Labute approximate surface area is 159 Å². The van der Waals surface area contributed by atoms with Crippen LogP contribution in [-0.2, 0) is 4.74 Å². The highest BCUT2D eigenvalue weighted by Gasteiger charge is 2.43. The predicted molar refractivity (Wildman–Crippen MR) is 107 cm³/mol. The van der Waals surface area contributed by atoms with Gasteiger partial charge in [0, 0.05) is 37.3 Å². The minimum atomic E-state index is -0.367. The number of β-amino-alcohol motifs (C(OH)–C–C–N with tert-alkyl or cyclic N) is 1. The van der Waals surface area contributed by atoms with Crippen LogP contribution in [0.2, 0.25) is 0 Å². The van der Waals surface area contributed by atoms with Crippen LogP contribution in [0.15, 0.2) is 37.1 Å². The monoisotopic (exact) mass is 360 g/mol. The van der Waals surface area contributed by atoms with Crippen LogP contribution in [0.1, 0.15) is 44.9 Å². The molecule has 4 heteroatoms. The van der Waals surface area contributed by atoms with Crippen LogP contribution < -0.4 is 0 Å². The van der Waals surface area contributed by atoms with E-state index in [2.05, 4.69) is 23.0 Å². The van der Waals surface area contributed by atoms with Crippen molar-refractivity contribution in [1.82, 2.24) is 9.80 Å². The maximum atomic E-state index is 10.4. The van der Waals surface area contributed by atoms with E-state index in [4.69, 9.17) is 4.74 Å². The molecule has 1 N–H and O–H groups in total. The predicted octanol–water partition coefficient (Wildman–Crippen LogP) is 3.35. The Morgan fingerprint density at radius 3 is 2.65 bits per heavy atom. The van der Waals surface area contributed by atoms with Crippen molar-refractivity contribution < 1.29 is 9.84 Å². The van der Waals surface area contributed by atoms with Gasteiger partial charge in [-0.05, 0) is 44.4 Å². The fourth-order valence-electron chi connectivity index (χ4n) is 4.93. The van der Waals surface area contributed by atoms with Gasteiger partial charge in [-0.1, -0.05) is 38.5 Å². The number of aliphatic hydroxyl groups excluding tert-OH is 1. The Hall–Kier alpha value is -1.10. The van der Waals surface area contributed by atoms with Gasteiger partial charge < -0.3 is 19.6 Å². The number of nitrogens with zero attached hydrogens (tertiary/aromatic N) is 2. The fraction of sp³-hybridized carbons (Fsp3) is 0.727. The lowest BCUT2D eigenvalue weighted by atomic mass is 9.86. The fourth-order valence-corrected chi connectivity index (χ4v) is 4.93. The molecule has 3 fully saturated rings. The summed E-state index contributed by atoms with van der Waals surface area (Å²) in [5, 5.41) is 10.4. The Morgan fingerprint density at radius 1 is 1.15 bits per heavy atom. The molecule has 2 aliphatic heterocycles. The quantitative estimate of drug-likeness (QED) is 0.674. The molecule has 2 saturated heterocycles. The van der Waals surface area contributed by atoms with Crippen molar-refractivity contribution in [2.75, 3.05) is 39.3 Å². The molecule has 0 aromatic carbocycles. The van der Waals surface area contributed by atoms with Crippen LogP contribution in [0.3, 0.4) is 0 Å². The maximum Gasteiger partial charge on any atom is 0.0900 e. The first-order valence-corrected chi connectivity index (χ1v) is 10.4. The van der Waals surface area contributed by atoms with Crippen LogP contribution in [0.5, 0.6) is 0 Å². The van der Waals surface area contributed by atoms with Gasteiger partial charge in [-0.2, -0.15) is 0 Å². The van der Waals surface area contributed by atoms with Crippen LogP contribution in [0.4, 0.5) is 0 Å². The topological polar surface area (TPSA) is 35.9 Å². The maximum absolute atomic E-state index is 10.4. The highest BCUT2D eigenvalue weighted by atomic mass is 16.5. The van der Waals surface area contributed by atoms with Gasteiger partial charge in [0.05, 0.1) is 18.8 Å². The Bertz CT molecular complexity index is 512. The van der Waals surface area contributed by atoms with Gasteiger partial charge in [-0.3, -0.25) is 0 Å². The number of rotatable bonds is 8. The molecule has 26 heavy (non-hydrogen) atoms. The van der Waals surface area contributed by atoms with E-state index in [0.29, 0.717) is 18.1 Å². The average Bonchev–Trinajstić information content (AvgIpc) is 3.25. The molecular weight excluding hydrogens is 324 g/mol. The number of ether oxygens (including phenoxy) is 1. The zero-order chi connectivity index (χ0) is 18.4. The van der Waals surface area contributed by atoms with E-state index in [1.165, 1.54) is 50.6 Å². The van der Waals surface area contributed by atoms with Gasteiger partial charge in [0.2, 0.25) is 0 Å². The van der Waals surface area contributed by atoms with Crippen molar-refractivity contribution >= 4 is 0 Å². The lowest BCUT2D eigenvalue weighted by Crippen LogP contribution is -2.37. The van der Waals surface area contributed by atoms with Crippen molar-refractivity contribution in [3.05, 3.63) is 37.1 Å². The first-order valence-electron chi connectivity index (χ1n) is 10.4. The summed E-state index contributed by atoms with van der Waals surface area (Å²) in [4.78, 5) is 4.87. The minimum absolute atomic E-state index is 0.367.